The Balaban J connectivity index is 2.40. The van der Waals surface area contributed by atoms with Crippen LogP contribution in [0.2, 0.25) is 0 Å². The Morgan fingerprint density at radius 3 is 2.40 bits per heavy atom. The molecule has 0 heterocycles. The minimum atomic E-state index is -0.462. The molecule has 1 unspecified atom stereocenters. The zero-order valence-corrected chi connectivity index (χ0v) is 7.99. The highest BCUT2D eigenvalue weighted by Gasteiger charge is 2.26. The van der Waals surface area contributed by atoms with E-state index in [9.17, 15) is 4.79 Å². The van der Waals surface area contributed by atoms with E-state index in [4.69, 9.17) is 11.6 Å². The van der Waals surface area contributed by atoms with Gasteiger partial charge in [0, 0.05) is 5.92 Å². The molecule has 1 rings (SSSR count). The number of ketones is 1. The van der Waals surface area contributed by atoms with Gasteiger partial charge in [0.25, 0.3) is 0 Å². The molecule has 0 spiro atoms. The molecule has 1 aliphatic rings. The van der Waals surface area contributed by atoms with E-state index in [1.807, 2.05) is 0 Å². The van der Waals surface area contributed by atoms with Crippen molar-refractivity contribution < 1.29 is 4.79 Å². The number of hydrogen-bond acceptors (Lipinski definition) is 1. The zero-order chi connectivity index (χ0) is 7.56. The van der Waals surface area contributed by atoms with Gasteiger partial charge in [0.15, 0.2) is 5.78 Å². The van der Waals surface area contributed by atoms with Gasteiger partial charge in [0.2, 0.25) is 0 Å². The number of Topliss-reactive ketones (excluding diaryl/α,β-unsaturated/α-hetero) is 1. The molecule has 0 bridgehead atoms. The van der Waals surface area contributed by atoms with Crippen LogP contribution in [-0.4, -0.2) is 10.1 Å². The molecule has 10 heavy (non-hydrogen) atoms. The monoisotopic (exact) mass is 224 g/mol. The van der Waals surface area contributed by atoms with Crippen molar-refractivity contribution in [3.05, 3.63) is 0 Å². The maximum atomic E-state index is 11.2. The van der Waals surface area contributed by atoms with Crippen LogP contribution >= 0.6 is 27.5 Å². The van der Waals surface area contributed by atoms with Crippen molar-refractivity contribution in [1.82, 2.24) is 0 Å². The summed E-state index contributed by atoms with van der Waals surface area (Å²) in [6.45, 7) is 0. The number of hydrogen-bond donors (Lipinski definition) is 0. The molecule has 0 N–H and O–H groups in total. The van der Waals surface area contributed by atoms with E-state index in [1.54, 1.807) is 0 Å². The third-order valence-electron chi connectivity index (χ3n) is 1.97. The standard InChI is InChI=1S/C7H10BrClO/c8-7(9)6(10)5-3-1-2-4-5/h5,7H,1-4H2. The van der Waals surface area contributed by atoms with Crippen molar-refractivity contribution >= 4 is 33.3 Å². The fourth-order valence-electron chi connectivity index (χ4n) is 1.39. The fraction of sp³-hybridized carbons (Fsp3) is 0.857. The minimum absolute atomic E-state index is 0.166. The second-order valence-corrected chi connectivity index (χ2v) is 4.56. The molecule has 0 saturated heterocycles. The molecule has 1 saturated carbocycles. The summed E-state index contributed by atoms with van der Waals surface area (Å²) in [5.41, 5.74) is 0. The summed E-state index contributed by atoms with van der Waals surface area (Å²) in [7, 11) is 0. The minimum Gasteiger partial charge on any atom is -0.297 e. The van der Waals surface area contributed by atoms with Crippen LogP contribution in [-0.2, 0) is 4.79 Å². The molecule has 0 aliphatic heterocycles. The molecular weight excluding hydrogens is 215 g/mol. The van der Waals surface area contributed by atoms with Crippen LogP contribution in [0.1, 0.15) is 25.7 Å². The lowest BCUT2D eigenvalue weighted by atomic mass is 10.0. The Labute approximate surface area is 74.3 Å². The van der Waals surface area contributed by atoms with E-state index in [-0.39, 0.29) is 11.7 Å². The highest BCUT2D eigenvalue weighted by atomic mass is 79.9. The predicted molar refractivity (Wildman–Crippen MR) is 45.5 cm³/mol. The predicted octanol–water partition coefficient (Wildman–Crippen LogP) is 2.71. The maximum absolute atomic E-state index is 11.2. The summed E-state index contributed by atoms with van der Waals surface area (Å²) in [6.07, 6.45) is 4.45. The summed E-state index contributed by atoms with van der Waals surface area (Å²) < 4.78 is -0.462. The van der Waals surface area contributed by atoms with Crippen molar-refractivity contribution in [3.8, 4) is 0 Å². The SMILES string of the molecule is O=C(C(Cl)Br)C1CCCC1. The molecule has 0 aromatic heterocycles. The van der Waals surface area contributed by atoms with Crippen LogP contribution in [0.3, 0.4) is 0 Å². The number of alkyl halides is 2. The lowest BCUT2D eigenvalue weighted by Gasteiger charge is -2.06. The first-order valence-corrected chi connectivity index (χ1v) is 4.89. The Kier molecular flexibility index (Phi) is 3.18. The molecule has 3 heteroatoms. The molecule has 1 nitrogen and oxygen atoms in total. The summed E-state index contributed by atoms with van der Waals surface area (Å²) in [6, 6.07) is 0. The molecule has 1 atom stereocenters. The van der Waals surface area contributed by atoms with Gasteiger partial charge in [-0.3, -0.25) is 4.79 Å². The smallest absolute Gasteiger partial charge is 0.164 e. The number of rotatable bonds is 2. The Bertz CT molecular complexity index is 130. The molecule has 0 aromatic rings. The first kappa shape index (κ1) is 8.54. The van der Waals surface area contributed by atoms with Gasteiger partial charge in [0.1, 0.15) is 4.29 Å². The lowest BCUT2D eigenvalue weighted by molar-refractivity contribution is -0.120. The number of carbonyl (C=O) groups excluding carboxylic acids is 1. The quantitative estimate of drug-likeness (QED) is 0.661. The van der Waals surface area contributed by atoms with Crippen LogP contribution in [0.15, 0.2) is 0 Å². The molecular formula is C7H10BrClO. The second kappa shape index (κ2) is 3.72. The topological polar surface area (TPSA) is 17.1 Å². The summed E-state index contributed by atoms with van der Waals surface area (Å²) in [4.78, 5) is 11.2. The number of halogens is 2. The number of carbonyl (C=O) groups is 1. The fourth-order valence-corrected chi connectivity index (χ4v) is 1.94. The Morgan fingerprint density at radius 2 is 2.00 bits per heavy atom. The van der Waals surface area contributed by atoms with Gasteiger partial charge in [-0.2, -0.15) is 0 Å². The average Bonchev–Trinajstić information content (AvgIpc) is 2.36. The van der Waals surface area contributed by atoms with E-state index >= 15 is 0 Å². The van der Waals surface area contributed by atoms with Crippen LogP contribution in [0, 0.1) is 5.92 Å². The summed E-state index contributed by atoms with van der Waals surface area (Å²) in [5, 5.41) is 0. The van der Waals surface area contributed by atoms with Gasteiger partial charge < -0.3 is 0 Å². The molecule has 58 valence electrons. The van der Waals surface area contributed by atoms with Gasteiger partial charge in [-0.1, -0.05) is 28.8 Å². The van der Waals surface area contributed by atoms with Gasteiger partial charge in [-0.25, -0.2) is 0 Å². The second-order valence-electron chi connectivity index (χ2n) is 2.68. The summed E-state index contributed by atoms with van der Waals surface area (Å²) in [5.74, 6) is 0.404. The molecule has 0 radical (unpaired) electrons. The third-order valence-corrected chi connectivity index (χ3v) is 2.64. The first-order chi connectivity index (χ1) is 4.72. The van der Waals surface area contributed by atoms with E-state index in [2.05, 4.69) is 15.9 Å². The van der Waals surface area contributed by atoms with Crippen LogP contribution in [0.25, 0.3) is 0 Å². The van der Waals surface area contributed by atoms with E-state index in [1.165, 1.54) is 12.8 Å². The average molecular weight is 226 g/mol. The van der Waals surface area contributed by atoms with Crippen molar-refractivity contribution in [2.75, 3.05) is 0 Å². The Morgan fingerprint density at radius 1 is 1.50 bits per heavy atom. The first-order valence-electron chi connectivity index (χ1n) is 3.53. The van der Waals surface area contributed by atoms with Gasteiger partial charge >= 0.3 is 0 Å². The third kappa shape index (κ3) is 1.96. The van der Waals surface area contributed by atoms with Gasteiger partial charge in [-0.15, -0.1) is 11.6 Å². The van der Waals surface area contributed by atoms with Crippen LogP contribution in [0.5, 0.6) is 0 Å². The largest absolute Gasteiger partial charge is 0.297 e. The van der Waals surface area contributed by atoms with E-state index in [0.717, 1.165) is 12.8 Å². The maximum Gasteiger partial charge on any atom is 0.164 e. The van der Waals surface area contributed by atoms with E-state index in [0.29, 0.717) is 0 Å². The lowest BCUT2D eigenvalue weighted by Crippen LogP contribution is -2.16. The van der Waals surface area contributed by atoms with Gasteiger partial charge in [0.05, 0.1) is 0 Å². The Hall–Kier alpha value is 0.440. The van der Waals surface area contributed by atoms with E-state index < -0.39 is 4.29 Å². The van der Waals surface area contributed by atoms with Crippen LogP contribution in [0.4, 0.5) is 0 Å². The summed E-state index contributed by atoms with van der Waals surface area (Å²) >= 11 is 8.64. The van der Waals surface area contributed by atoms with Crippen molar-refractivity contribution in [3.63, 3.8) is 0 Å². The molecule has 1 fully saturated rings. The van der Waals surface area contributed by atoms with Crippen molar-refractivity contribution in [2.24, 2.45) is 5.92 Å². The van der Waals surface area contributed by atoms with Crippen molar-refractivity contribution in [2.45, 2.75) is 30.0 Å². The highest BCUT2D eigenvalue weighted by molar-refractivity contribution is 9.10. The van der Waals surface area contributed by atoms with Crippen LogP contribution < -0.4 is 0 Å². The molecule has 0 aromatic carbocycles. The van der Waals surface area contributed by atoms with Crippen molar-refractivity contribution in [1.29, 1.82) is 0 Å². The normalized spacial score (nSPS) is 23.0. The van der Waals surface area contributed by atoms with Gasteiger partial charge in [-0.05, 0) is 12.8 Å². The highest BCUT2D eigenvalue weighted by Crippen LogP contribution is 2.28. The molecule has 1 aliphatic carbocycles. The zero-order valence-electron chi connectivity index (χ0n) is 5.65. The molecule has 0 amide bonds.